The van der Waals surface area contributed by atoms with E-state index in [0.29, 0.717) is 17.4 Å². The fraction of sp³-hybridized carbons (Fsp3) is 0.250. The largest absolute Gasteiger partial charge is 0.490 e. The van der Waals surface area contributed by atoms with E-state index >= 15 is 0 Å². The van der Waals surface area contributed by atoms with Crippen LogP contribution in [0.3, 0.4) is 0 Å². The van der Waals surface area contributed by atoms with Gasteiger partial charge in [0, 0.05) is 5.69 Å². The smallest absolute Gasteiger partial charge is 0.407 e. The van der Waals surface area contributed by atoms with Crippen molar-refractivity contribution in [3.8, 4) is 11.8 Å². The van der Waals surface area contributed by atoms with Crippen LogP contribution in [0.2, 0.25) is 0 Å². The van der Waals surface area contributed by atoms with E-state index in [2.05, 4.69) is 14.3 Å². The van der Waals surface area contributed by atoms with Crippen LogP contribution in [0.1, 0.15) is 18.1 Å². The maximum absolute atomic E-state index is 13.0. The lowest BCUT2D eigenvalue weighted by Gasteiger charge is -2.23. The van der Waals surface area contributed by atoms with Crippen LogP contribution in [0.4, 0.5) is 24.5 Å². The summed E-state index contributed by atoms with van der Waals surface area (Å²) in [7, 11) is -3.29. The highest BCUT2D eigenvalue weighted by atomic mass is 32.3. The average molecular weight is 501 g/mol. The molecular formula is C20H18F3N3O7S. The van der Waals surface area contributed by atoms with Crippen molar-refractivity contribution >= 4 is 27.7 Å². The third-order valence-corrected chi connectivity index (χ3v) is 4.30. The molecule has 10 nitrogen and oxygen atoms in total. The molecule has 0 bridgehead atoms. The van der Waals surface area contributed by atoms with Gasteiger partial charge in [0.15, 0.2) is 11.3 Å². The van der Waals surface area contributed by atoms with Crippen LogP contribution < -0.4 is 10.1 Å². The van der Waals surface area contributed by atoms with Crippen LogP contribution >= 0.6 is 0 Å². The van der Waals surface area contributed by atoms with Crippen LogP contribution in [0.25, 0.3) is 4.85 Å². The van der Waals surface area contributed by atoms with E-state index in [1.807, 2.05) is 6.07 Å². The molecule has 0 fully saturated rings. The number of carbonyl (C=O) groups excluding carboxylic acids is 1. The Balaban J connectivity index is 0.000000852. The Labute approximate surface area is 192 Å². The molecule has 0 saturated heterocycles. The summed E-state index contributed by atoms with van der Waals surface area (Å²) in [6, 6.07) is 10.6. The minimum Gasteiger partial charge on any atom is -0.490 e. The number of rotatable bonds is 6. The lowest BCUT2D eigenvalue weighted by molar-refractivity contribution is -0.137. The van der Waals surface area contributed by atoms with Crippen molar-refractivity contribution < 1.29 is 45.0 Å². The number of hydrogen-bond donors (Lipinski definition) is 3. The zero-order valence-corrected chi connectivity index (χ0v) is 18.4. The summed E-state index contributed by atoms with van der Waals surface area (Å²) in [5.74, 6) is -0.683. The molecule has 0 aromatic heterocycles. The predicted octanol–water partition coefficient (Wildman–Crippen LogP) is 3.33. The number of nitriles is 1. The molecule has 0 unspecified atom stereocenters. The summed E-state index contributed by atoms with van der Waals surface area (Å²) >= 11 is 0. The lowest BCUT2D eigenvalue weighted by atomic mass is 10.1. The Bertz CT molecular complexity index is 1200. The molecule has 2 rings (SSSR count). The molecule has 1 amide bonds. The predicted molar refractivity (Wildman–Crippen MR) is 112 cm³/mol. The summed E-state index contributed by atoms with van der Waals surface area (Å²) in [4.78, 5) is 15.1. The second-order valence-corrected chi connectivity index (χ2v) is 7.78. The zero-order chi connectivity index (χ0) is 26.2. The Kier molecular flexibility index (Phi) is 9.54. The van der Waals surface area contributed by atoms with E-state index in [1.54, 1.807) is 0 Å². The topological polar surface area (TPSA) is 150 Å². The highest BCUT2D eigenvalue weighted by Crippen LogP contribution is 2.38. The molecule has 2 aromatic carbocycles. The summed E-state index contributed by atoms with van der Waals surface area (Å²) in [5, 5.41) is 21.2. The molecule has 0 radical (unpaired) electrons. The van der Waals surface area contributed by atoms with Crippen molar-refractivity contribution in [2.24, 2.45) is 0 Å². The van der Waals surface area contributed by atoms with Gasteiger partial charge in [-0.2, -0.15) is 26.9 Å². The quantitative estimate of drug-likeness (QED) is 0.403. The Morgan fingerprint density at radius 1 is 1.24 bits per heavy atom. The van der Waals surface area contributed by atoms with Gasteiger partial charge in [-0.3, -0.25) is 13.5 Å². The molecule has 14 heteroatoms. The second-order valence-electron chi connectivity index (χ2n) is 6.59. The van der Waals surface area contributed by atoms with E-state index in [0.717, 1.165) is 26.2 Å². The number of benzene rings is 2. The molecular weight excluding hydrogens is 483 g/mol. The van der Waals surface area contributed by atoms with E-state index in [4.69, 9.17) is 21.1 Å². The summed E-state index contributed by atoms with van der Waals surface area (Å²) in [5.41, 5.74) is -3.65. The normalized spacial score (nSPS) is 12.7. The standard InChI is InChI=1S/C19H14F3N3O3.CH4O4S/c1-18(27,11-28-14-6-3-12(10-23)4-7-14)17(26)25-13-5-8-16(24-2)15(9-13)19(20,21)22;1-5-6(2,3)4/h3-9,27H,11H2,1H3,(H,25,26);1H3,(H,2,3,4)/t18-;/m0./s1. The first-order valence-electron chi connectivity index (χ1n) is 8.91. The number of amides is 1. The number of anilines is 1. The van der Waals surface area contributed by atoms with Gasteiger partial charge in [0.05, 0.1) is 30.9 Å². The van der Waals surface area contributed by atoms with Crippen LogP contribution in [0.15, 0.2) is 42.5 Å². The number of nitrogens with one attached hydrogen (secondary N) is 1. The molecule has 1 atom stereocenters. The van der Waals surface area contributed by atoms with E-state index in [-0.39, 0.29) is 5.69 Å². The molecule has 0 aliphatic carbocycles. The molecule has 0 aliphatic rings. The fourth-order valence-corrected chi connectivity index (χ4v) is 2.12. The average Bonchev–Trinajstić information content (AvgIpc) is 2.77. The van der Waals surface area contributed by atoms with Gasteiger partial charge in [0.2, 0.25) is 0 Å². The molecule has 0 aliphatic heterocycles. The first-order valence-corrected chi connectivity index (χ1v) is 10.3. The maximum atomic E-state index is 13.0. The third-order valence-electron chi connectivity index (χ3n) is 3.88. The van der Waals surface area contributed by atoms with Gasteiger partial charge >= 0.3 is 16.6 Å². The summed E-state index contributed by atoms with van der Waals surface area (Å²) in [6.45, 7) is 7.47. The van der Waals surface area contributed by atoms with Crippen molar-refractivity contribution in [1.82, 2.24) is 0 Å². The van der Waals surface area contributed by atoms with E-state index < -0.39 is 45.9 Å². The molecule has 2 aromatic rings. The number of hydrogen-bond acceptors (Lipinski definition) is 7. The molecule has 0 spiro atoms. The third kappa shape index (κ3) is 9.05. The van der Waals surface area contributed by atoms with Gasteiger partial charge in [-0.25, -0.2) is 4.85 Å². The van der Waals surface area contributed by atoms with Gasteiger partial charge in [-0.05, 0) is 43.3 Å². The molecule has 0 heterocycles. The highest BCUT2D eigenvalue weighted by Gasteiger charge is 2.35. The molecule has 3 N–H and O–H groups in total. The van der Waals surface area contributed by atoms with Gasteiger partial charge in [-0.15, -0.1) is 0 Å². The monoisotopic (exact) mass is 501 g/mol. The Morgan fingerprint density at radius 2 is 1.79 bits per heavy atom. The number of ether oxygens (including phenoxy) is 1. The Morgan fingerprint density at radius 3 is 2.24 bits per heavy atom. The number of halogens is 3. The van der Waals surface area contributed by atoms with Crippen LogP contribution in [-0.2, 0) is 25.6 Å². The number of aliphatic hydroxyl groups is 1. The van der Waals surface area contributed by atoms with Crippen molar-refractivity contribution in [2.75, 3.05) is 19.0 Å². The molecule has 34 heavy (non-hydrogen) atoms. The van der Waals surface area contributed by atoms with Crippen molar-refractivity contribution in [3.05, 3.63) is 65.0 Å². The fourth-order valence-electron chi connectivity index (χ4n) is 2.12. The van der Waals surface area contributed by atoms with Crippen molar-refractivity contribution in [1.29, 1.82) is 5.26 Å². The first-order chi connectivity index (χ1) is 15.6. The zero-order valence-electron chi connectivity index (χ0n) is 17.6. The van der Waals surface area contributed by atoms with Gasteiger partial charge in [0.25, 0.3) is 5.91 Å². The van der Waals surface area contributed by atoms with Crippen molar-refractivity contribution in [2.45, 2.75) is 18.7 Å². The second kappa shape index (κ2) is 11.4. The van der Waals surface area contributed by atoms with Gasteiger partial charge < -0.3 is 15.2 Å². The van der Waals surface area contributed by atoms with Crippen molar-refractivity contribution in [3.63, 3.8) is 0 Å². The van der Waals surface area contributed by atoms with Gasteiger partial charge in [-0.1, -0.05) is 6.07 Å². The molecule has 182 valence electrons. The van der Waals surface area contributed by atoms with Crippen LogP contribution in [-0.4, -0.2) is 43.3 Å². The number of nitrogens with zero attached hydrogens (tertiary/aromatic N) is 2. The van der Waals surface area contributed by atoms with Crippen LogP contribution in [0.5, 0.6) is 5.75 Å². The SMILES string of the molecule is COS(=O)(=O)O.[C-]#[N+]c1ccc(NC(=O)[C@@](C)(O)COc2ccc(C#N)cc2)cc1C(F)(F)F. The first kappa shape index (κ1) is 28.3. The lowest BCUT2D eigenvalue weighted by Crippen LogP contribution is -2.45. The molecule has 0 saturated carbocycles. The Hall–Kier alpha value is -3.69. The minimum atomic E-state index is -4.76. The summed E-state index contributed by atoms with van der Waals surface area (Å²) < 4.78 is 74.0. The highest BCUT2D eigenvalue weighted by molar-refractivity contribution is 7.80. The van der Waals surface area contributed by atoms with Crippen LogP contribution in [0, 0.1) is 17.9 Å². The number of alkyl halides is 3. The van der Waals surface area contributed by atoms with E-state index in [9.17, 15) is 31.5 Å². The summed E-state index contributed by atoms with van der Waals surface area (Å²) in [6.07, 6.45) is -4.76. The minimum absolute atomic E-state index is 0.219. The van der Waals surface area contributed by atoms with Gasteiger partial charge in [0.1, 0.15) is 12.4 Å². The maximum Gasteiger partial charge on any atom is 0.407 e. The van der Waals surface area contributed by atoms with E-state index in [1.165, 1.54) is 24.3 Å². The number of carbonyl (C=O) groups is 1.